The van der Waals surface area contributed by atoms with Crippen LogP contribution in [0.1, 0.15) is 12.0 Å². The first kappa shape index (κ1) is 13.0. The quantitative estimate of drug-likeness (QED) is 0.757. The maximum Gasteiger partial charge on any atom is 0.265 e. The number of carbonyl (C=O) groups excluding carboxylic acids is 1. The highest BCUT2D eigenvalue weighted by molar-refractivity contribution is 7.86. The molecule has 1 heterocycles. The molecule has 18 heavy (non-hydrogen) atoms. The number of hydrogen-bond donors (Lipinski definition) is 0. The lowest BCUT2D eigenvalue weighted by atomic mass is 10.2. The normalized spacial score (nSPS) is 20.4. The maximum atomic E-state index is 11.9. The number of benzene rings is 1. The van der Waals surface area contributed by atoms with Gasteiger partial charge in [-0.2, -0.15) is 8.42 Å². The number of nitrogens with zero attached hydrogens (tertiary/aromatic N) is 1. The van der Waals surface area contributed by atoms with Crippen molar-refractivity contribution in [2.45, 2.75) is 19.1 Å². The molecule has 0 aliphatic carbocycles. The van der Waals surface area contributed by atoms with Crippen LogP contribution in [0.3, 0.4) is 0 Å². The van der Waals surface area contributed by atoms with E-state index in [1.807, 2.05) is 30.3 Å². The average Bonchev–Trinajstić information content (AvgIpc) is 2.61. The van der Waals surface area contributed by atoms with Crippen LogP contribution in [0.15, 0.2) is 30.3 Å². The van der Waals surface area contributed by atoms with Gasteiger partial charge in [-0.05, 0) is 5.56 Å². The van der Waals surface area contributed by atoms with E-state index >= 15 is 0 Å². The lowest BCUT2D eigenvalue weighted by Gasteiger charge is -2.16. The van der Waals surface area contributed by atoms with Crippen molar-refractivity contribution in [3.63, 3.8) is 0 Å². The molecule has 2 rings (SSSR count). The summed E-state index contributed by atoms with van der Waals surface area (Å²) in [6, 6.07) is 9.57. The first-order valence-corrected chi connectivity index (χ1v) is 7.48. The minimum absolute atomic E-state index is 0.260. The molecule has 0 N–H and O–H groups in total. The van der Waals surface area contributed by atoms with Crippen LogP contribution in [0.5, 0.6) is 0 Å². The van der Waals surface area contributed by atoms with Crippen LogP contribution >= 0.6 is 0 Å². The molecule has 1 unspecified atom stereocenters. The van der Waals surface area contributed by atoms with Gasteiger partial charge in [-0.3, -0.25) is 8.98 Å². The zero-order valence-corrected chi connectivity index (χ0v) is 10.9. The first-order valence-electron chi connectivity index (χ1n) is 5.67. The van der Waals surface area contributed by atoms with E-state index in [1.54, 1.807) is 4.90 Å². The Morgan fingerprint density at radius 2 is 2.00 bits per heavy atom. The highest BCUT2D eigenvalue weighted by atomic mass is 32.2. The Bertz CT molecular complexity index is 526. The number of amides is 1. The van der Waals surface area contributed by atoms with Gasteiger partial charge in [0.15, 0.2) is 6.10 Å². The average molecular weight is 269 g/mol. The summed E-state index contributed by atoms with van der Waals surface area (Å²) in [5, 5.41) is 0. The molecule has 5 nitrogen and oxygen atoms in total. The highest BCUT2D eigenvalue weighted by Gasteiger charge is 2.34. The summed E-state index contributed by atoms with van der Waals surface area (Å²) < 4.78 is 26.8. The summed E-state index contributed by atoms with van der Waals surface area (Å²) in [6.07, 6.45) is 0.516. The summed E-state index contributed by atoms with van der Waals surface area (Å²) in [4.78, 5) is 13.5. The van der Waals surface area contributed by atoms with E-state index in [9.17, 15) is 13.2 Å². The van der Waals surface area contributed by atoms with Crippen LogP contribution in [0.25, 0.3) is 0 Å². The zero-order valence-electron chi connectivity index (χ0n) is 10.1. The molecule has 1 aromatic carbocycles. The first-order chi connectivity index (χ1) is 8.46. The molecule has 1 aliphatic heterocycles. The molecular weight excluding hydrogens is 254 g/mol. The van der Waals surface area contributed by atoms with Gasteiger partial charge in [0.05, 0.1) is 6.26 Å². The minimum Gasteiger partial charge on any atom is -0.336 e. The Hall–Kier alpha value is -1.40. The van der Waals surface area contributed by atoms with E-state index in [2.05, 4.69) is 0 Å². The molecule has 1 atom stereocenters. The van der Waals surface area contributed by atoms with Crippen molar-refractivity contribution in [1.82, 2.24) is 4.90 Å². The van der Waals surface area contributed by atoms with Crippen molar-refractivity contribution in [3.05, 3.63) is 35.9 Å². The van der Waals surface area contributed by atoms with Crippen molar-refractivity contribution >= 4 is 16.0 Å². The summed E-state index contributed by atoms with van der Waals surface area (Å²) in [5.74, 6) is -0.260. The number of hydrogen-bond acceptors (Lipinski definition) is 4. The van der Waals surface area contributed by atoms with Crippen molar-refractivity contribution < 1.29 is 17.4 Å². The van der Waals surface area contributed by atoms with Gasteiger partial charge in [-0.25, -0.2) is 0 Å². The molecular formula is C12H15NO4S. The molecule has 0 spiro atoms. The molecule has 0 aromatic heterocycles. The minimum atomic E-state index is -3.58. The van der Waals surface area contributed by atoms with Crippen LogP contribution in [-0.4, -0.2) is 38.1 Å². The SMILES string of the molecule is CS(=O)(=O)OC1CCN(Cc2ccccc2)C1=O. The Kier molecular flexibility index (Phi) is 3.68. The Balaban J connectivity index is 2.00. The number of carbonyl (C=O) groups is 1. The monoisotopic (exact) mass is 269 g/mol. The van der Waals surface area contributed by atoms with Crippen LogP contribution in [0.4, 0.5) is 0 Å². The zero-order chi connectivity index (χ0) is 13.2. The number of likely N-dealkylation sites (tertiary alicyclic amines) is 1. The second-order valence-electron chi connectivity index (χ2n) is 4.32. The molecule has 1 aliphatic rings. The van der Waals surface area contributed by atoms with Crippen molar-refractivity contribution in [2.75, 3.05) is 12.8 Å². The van der Waals surface area contributed by atoms with Gasteiger partial charge in [0.1, 0.15) is 0 Å². The molecule has 1 amide bonds. The fourth-order valence-electron chi connectivity index (χ4n) is 1.97. The van der Waals surface area contributed by atoms with Crippen LogP contribution in [-0.2, 0) is 25.6 Å². The Labute approximate surface area is 106 Å². The van der Waals surface area contributed by atoms with Gasteiger partial charge in [-0.15, -0.1) is 0 Å². The summed E-state index contributed by atoms with van der Waals surface area (Å²) in [6.45, 7) is 1.01. The predicted molar refractivity (Wildman–Crippen MR) is 66.2 cm³/mol. The van der Waals surface area contributed by atoms with Gasteiger partial charge in [0.2, 0.25) is 0 Å². The third-order valence-electron chi connectivity index (χ3n) is 2.76. The lowest BCUT2D eigenvalue weighted by Crippen LogP contribution is -2.31. The summed E-state index contributed by atoms with van der Waals surface area (Å²) in [7, 11) is -3.58. The lowest BCUT2D eigenvalue weighted by molar-refractivity contribution is -0.133. The van der Waals surface area contributed by atoms with Gasteiger partial charge in [-0.1, -0.05) is 30.3 Å². The molecule has 0 radical (unpaired) electrons. The third kappa shape index (κ3) is 3.30. The topological polar surface area (TPSA) is 63.7 Å². The maximum absolute atomic E-state index is 11.9. The summed E-state index contributed by atoms with van der Waals surface area (Å²) in [5.41, 5.74) is 1.02. The van der Waals surface area contributed by atoms with Gasteiger partial charge in [0.25, 0.3) is 16.0 Å². The second-order valence-corrected chi connectivity index (χ2v) is 5.92. The van der Waals surface area contributed by atoms with Gasteiger partial charge < -0.3 is 4.90 Å². The van der Waals surface area contributed by atoms with Gasteiger partial charge >= 0.3 is 0 Å². The van der Waals surface area contributed by atoms with Crippen LogP contribution in [0, 0.1) is 0 Å². The van der Waals surface area contributed by atoms with Crippen molar-refractivity contribution in [2.24, 2.45) is 0 Å². The van der Waals surface area contributed by atoms with E-state index in [1.165, 1.54) is 0 Å². The summed E-state index contributed by atoms with van der Waals surface area (Å²) >= 11 is 0. The predicted octanol–water partition coefficient (Wildman–Crippen LogP) is 0.764. The van der Waals surface area contributed by atoms with Crippen molar-refractivity contribution in [1.29, 1.82) is 0 Å². The number of rotatable bonds is 4. The van der Waals surface area contributed by atoms with Crippen LogP contribution in [0.2, 0.25) is 0 Å². The van der Waals surface area contributed by atoms with E-state index in [0.717, 1.165) is 11.8 Å². The van der Waals surface area contributed by atoms with Gasteiger partial charge in [0, 0.05) is 19.5 Å². The molecule has 6 heteroatoms. The van der Waals surface area contributed by atoms with E-state index in [-0.39, 0.29) is 5.91 Å². The fourth-order valence-corrected chi connectivity index (χ4v) is 2.57. The fraction of sp³-hybridized carbons (Fsp3) is 0.417. The standard InChI is InChI=1S/C12H15NO4S/c1-18(15,16)17-11-7-8-13(12(11)14)9-10-5-3-2-4-6-10/h2-6,11H,7-9H2,1H3. The molecule has 1 aromatic rings. The Morgan fingerprint density at radius 1 is 1.33 bits per heavy atom. The van der Waals surface area contributed by atoms with Crippen LogP contribution < -0.4 is 0 Å². The van der Waals surface area contributed by atoms with E-state index < -0.39 is 16.2 Å². The van der Waals surface area contributed by atoms with E-state index in [0.29, 0.717) is 19.5 Å². The van der Waals surface area contributed by atoms with Crippen molar-refractivity contribution in [3.8, 4) is 0 Å². The largest absolute Gasteiger partial charge is 0.336 e. The highest BCUT2D eigenvalue weighted by Crippen LogP contribution is 2.18. The third-order valence-corrected chi connectivity index (χ3v) is 3.34. The molecule has 98 valence electrons. The Morgan fingerprint density at radius 3 is 2.61 bits per heavy atom. The second kappa shape index (κ2) is 5.07. The molecule has 1 fully saturated rings. The molecule has 0 saturated carbocycles. The van der Waals surface area contributed by atoms with E-state index in [4.69, 9.17) is 4.18 Å². The smallest absolute Gasteiger partial charge is 0.265 e. The molecule has 0 bridgehead atoms. The molecule has 1 saturated heterocycles.